The Bertz CT molecular complexity index is 521. The summed E-state index contributed by atoms with van der Waals surface area (Å²) in [6, 6.07) is 6.34. The minimum absolute atomic E-state index is 0.0446. The summed E-state index contributed by atoms with van der Waals surface area (Å²) >= 11 is 0. The molecule has 0 heterocycles. The number of rotatable bonds is 8. The van der Waals surface area contributed by atoms with Crippen molar-refractivity contribution in [2.24, 2.45) is 5.92 Å². The predicted molar refractivity (Wildman–Crippen MR) is 83.7 cm³/mol. The Balaban J connectivity index is 2.56. The average molecular weight is 306 g/mol. The SMILES string of the molecule is CCC(CC)CC(=O)Nc1ccc(C(=O)NCC(=O)O)cc1. The van der Waals surface area contributed by atoms with Crippen LogP contribution >= 0.6 is 0 Å². The van der Waals surface area contributed by atoms with Crippen LogP contribution in [0.15, 0.2) is 24.3 Å². The maximum absolute atomic E-state index is 11.9. The van der Waals surface area contributed by atoms with Gasteiger partial charge in [0.2, 0.25) is 5.91 Å². The van der Waals surface area contributed by atoms with Crippen LogP contribution in [0.2, 0.25) is 0 Å². The van der Waals surface area contributed by atoms with E-state index >= 15 is 0 Å². The fraction of sp³-hybridized carbons (Fsp3) is 0.438. The van der Waals surface area contributed by atoms with Crippen molar-refractivity contribution in [2.45, 2.75) is 33.1 Å². The Morgan fingerprint density at radius 3 is 2.18 bits per heavy atom. The van der Waals surface area contributed by atoms with Gasteiger partial charge in [-0.05, 0) is 30.2 Å². The van der Waals surface area contributed by atoms with Gasteiger partial charge in [-0.1, -0.05) is 26.7 Å². The van der Waals surface area contributed by atoms with Crippen molar-refractivity contribution >= 4 is 23.5 Å². The zero-order valence-corrected chi connectivity index (χ0v) is 12.9. The van der Waals surface area contributed by atoms with Gasteiger partial charge in [-0.2, -0.15) is 0 Å². The van der Waals surface area contributed by atoms with E-state index in [0.29, 0.717) is 23.6 Å². The largest absolute Gasteiger partial charge is 0.480 e. The molecule has 0 fully saturated rings. The fourth-order valence-electron chi connectivity index (χ4n) is 2.01. The first kappa shape index (κ1) is 17.7. The van der Waals surface area contributed by atoms with Crippen LogP contribution in [-0.2, 0) is 9.59 Å². The summed E-state index contributed by atoms with van der Waals surface area (Å²) in [6.45, 7) is 3.70. The lowest BCUT2D eigenvalue weighted by Crippen LogP contribution is -2.29. The van der Waals surface area contributed by atoms with Crippen LogP contribution in [0, 0.1) is 5.92 Å². The summed E-state index contributed by atoms with van der Waals surface area (Å²) in [5.74, 6) is -1.23. The molecule has 0 unspecified atom stereocenters. The topological polar surface area (TPSA) is 95.5 Å². The van der Waals surface area contributed by atoms with Crippen LogP contribution in [-0.4, -0.2) is 29.4 Å². The molecule has 0 aliphatic rings. The summed E-state index contributed by atoms with van der Waals surface area (Å²) in [5, 5.41) is 13.6. The highest BCUT2D eigenvalue weighted by atomic mass is 16.4. The van der Waals surface area contributed by atoms with Crippen molar-refractivity contribution in [2.75, 3.05) is 11.9 Å². The molecule has 6 heteroatoms. The fourth-order valence-corrected chi connectivity index (χ4v) is 2.01. The molecular formula is C16H22N2O4. The van der Waals surface area contributed by atoms with Crippen molar-refractivity contribution in [3.8, 4) is 0 Å². The number of hydrogen-bond acceptors (Lipinski definition) is 3. The van der Waals surface area contributed by atoms with Gasteiger partial charge in [0.05, 0.1) is 0 Å². The second kappa shape index (κ2) is 8.81. The molecule has 6 nitrogen and oxygen atoms in total. The molecule has 0 saturated carbocycles. The number of aliphatic carboxylic acids is 1. The summed E-state index contributed by atoms with van der Waals surface area (Å²) in [7, 11) is 0. The summed E-state index contributed by atoms with van der Waals surface area (Å²) in [6.07, 6.45) is 2.41. The Morgan fingerprint density at radius 2 is 1.68 bits per heavy atom. The van der Waals surface area contributed by atoms with Crippen LogP contribution < -0.4 is 10.6 Å². The van der Waals surface area contributed by atoms with Gasteiger partial charge in [-0.25, -0.2) is 0 Å². The van der Waals surface area contributed by atoms with Gasteiger partial charge in [0.1, 0.15) is 6.54 Å². The number of carbonyl (C=O) groups excluding carboxylic acids is 2. The second-order valence-corrected chi connectivity index (χ2v) is 5.09. The molecule has 3 N–H and O–H groups in total. The number of nitrogens with one attached hydrogen (secondary N) is 2. The van der Waals surface area contributed by atoms with Crippen LogP contribution in [0.5, 0.6) is 0 Å². The third kappa shape index (κ3) is 5.95. The first-order valence-corrected chi connectivity index (χ1v) is 7.36. The maximum Gasteiger partial charge on any atom is 0.322 e. The number of benzene rings is 1. The molecule has 0 aliphatic carbocycles. The van der Waals surface area contributed by atoms with Crippen LogP contribution in [0.3, 0.4) is 0 Å². The lowest BCUT2D eigenvalue weighted by Gasteiger charge is -2.12. The van der Waals surface area contributed by atoms with Crippen molar-refractivity contribution in [3.63, 3.8) is 0 Å². The van der Waals surface area contributed by atoms with Gasteiger partial charge in [-0.3, -0.25) is 14.4 Å². The van der Waals surface area contributed by atoms with E-state index in [9.17, 15) is 14.4 Å². The van der Waals surface area contributed by atoms with Crippen molar-refractivity contribution in [1.29, 1.82) is 0 Å². The molecule has 0 saturated heterocycles. The molecule has 22 heavy (non-hydrogen) atoms. The molecular weight excluding hydrogens is 284 g/mol. The lowest BCUT2D eigenvalue weighted by molar-refractivity contribution is -0.135. The quantitative estimate of drug-likeness (QED) is 0.686. The first-order chi connectivity index (χ1) is 10.5. The minimum Gasteiger partial charge on any atom is -0.480 e. The highest BCUT2D eigenvalue weighted by Crippen LogP contribution is 2.15. The number of hydrogen-bond donors (Lipinski definition) is 3. The van der Waals surface area contributed by atoms with Crippen molar-refractivity contribution in [1.82, 2.24) is 5.32 Å². The first-order valence-electron chi connectivity index (χ1n) is 7.36. The number of carbonyl (C=O) groups is 3. The van der Waals surface area contributed by atoms with Crippen molar-refractivity contribution in [3.05, 3.63) is 29.8 Å². The van der Waals surface area contributed by atoms with Gasteiger partial charge in [0, 0.05) is 17.7 Å². The predicted octanol–water partition coefficient (Wildman–Crippen LogP) is 2.27. The van der Waals surface area contributed by atoms with E-state index in [2.05, 4.69) is 24.5 Å². The summed E-state index contributed by atoms with van der Waals surface area (Å²) in [5.41, 5.74) is 0.963. The van der Waals surface area contributed by atoms with E-state index in [1.54, 1.807) is 24.3 Å². The monoisotopic (exact) mass is 306 g/mol. The molecule has 1 aromatic carbocycles. The van der Waals surface area contributed by atoms with E-state index in [1.165, 1.54) is 0 Å². The number of carboxylic acids is 1. The summed E-state index contributed by atoms with van der Waals surface area (Å²) in [4.78, 5) is 33.9. The summed E-state index contributed by atoms with van der Waals surface area (Å²) < 4.78 is 0. The molecule has 1 aromatic rings. The van der Waals surface area contributed by atoms with Crippen LogP contribution in [0.25, 0.3) is 0 Å². The van der Waals surface area contributed by atoms with Gasteiger partial charge < -0.3 is 15.7 Å². The molecule has 0 spiro atoms. The molecule has 1 rings (SSSR count). The number of amides is 2. The molecule has 0 bridgehead atoms. The Hall–Kier alpha value is -2.37. The van der Waals surface area contributed by atoms with E-state index in [-0.39, 0.29) is 5.91 Å². The number of carboxylic acid groups (broad SMARTS) is 1. The molecule has 0 aliphatic heterocycles. The normalized spacial score (nSPS) is 10.3. The zero-order valence-electron chi connectivity index (χ0n) is 12.9. The minimum atomic E-state index is -1.10. The van der Waals surface area contributed by atoms with E-state index in [0.717, 1.165) is 12.8 Å². The molecule has 120 valence electrons. The molecule has 0 aromatic heterocycles. The standard InChI is InChI=1S/C16H22N2O4/c1-3-11(4-2)9-14(19)18-13-7-5-12(6-8-13)16(22)17-10-15(20)21/h5-8,11H,3-4,9-10H2,1-2H3,(H,17,22)(H,18,19)(H,20,21). The average Bonchev–Trinajstić information content (AvgIpc) is 2.50. The van der Waals surface area contributed by atoms with E-state index in [4.69, 9.17) is 5.11 Å². The van der Waals surface area contributed by atoms with Crippen LogP contribution in [0.4, 0.5) is 5.69 Å². The van der Waals surface area contributed by atoms with Gasteiger partial charge in [0.15, 0.2) is 0 Å². The highest BCUT2D eigenvalue weighted by molar-refractivity contribution is 5.97. The Labute approximate surface area is 129 Å². The molecule has 2 amide bonds. The van der Waals surface area contributed by atoms with Crippen LogP contribution in [0.1, 0.15) is 43.5 Å². The van der Waals surface area contributed by atoms with Gasteiger partial charge in [-0.15, -0.1) is 0 Å². The van der Waals surface area contributed by atoms with Gasteiger partial charge in [0.25, 0.3) is 5.91 Å². The molecule has 0 radical (unpaired) electrons. The third-order valence-electron chi connectivity index (χ3n) is 3.46. The Morgan fingerprint density at radius 1 is 1.09 bits per heavy atom. The van der Waals surface area contributed by atoms with Crippen molar-refractivity contribution < 1.29 is 19.5 Å². The van der Waals surface area contributed by atoms with Gasteiger partial charge >= 0.3 is 5.97 Å². The van der Waals surface area contributed by atoms with E-state index < -0.39 is 18.4 Å². The zero-order chi connectivity index (χ0) is 16.5. The smallest absolute Gasteiger partial charge is 0.322 e. The Kier molecular flexibility index (Phi) is 7.08. The lowest BCUT2D eigenvalue weighted by atomic mass is 9.99. The number of anilines is 1. The van der Waals surface area contributed by atoms with E-state index in [1.807, 2.05) is 0 Å². The molecule has 0 atom stereocenters. The second-order valence-electron chi connectivity index (χ2n) is 5.09. The maximum atomic E-state index is 11.9. The highest BCUT2D eigenvalue weighted by Gasteiger charge is 2.11. The third-order valence-corrected chi connectivity index (χ3v) is 3.46.